The van der Waals surface area contributed by atoms with Crippen LogP contribution in [0.15, 0.2) is 45.6 Å². The molecule has 2 N–H and O–H groups in total. The first-order valence-corrected chi connectivity index (χ1v) is 12.7. The number of hydrogen-bond donors (Lipinski definition) is 2. The van der Waals surface area contributed by atoms with E-state index < -0.39 is 0 Å². The minimum absolute atomic E-state index is 0.000326. The molecule has 4 saturated carbocycles. The Labute approximate surface area is 204 Å². The predicted molar refractivity (Wildman–Crippen MR) is 130 cm³/mol. The molecule has 6 rings (SSSR count). The van der Waals surface area contributed by atoms with Crippen molar-refractivity contribution in [3.8, 4) is 0 Å². The van der Waals surface area contributed by atoms with Crippen LogP contribution in [-0.2, 0) is 9.59 Å². The molecule has 4 fully saturated rings. The van der Waals surface area contributed by atoms with Crippen molar-refractivity contribution in [1.82, 2.24) is 9.97 Å². The molecule has 6 nitrogen and oxygen atoms in total. The zero-order valence-electron chi connectivity index (χ0n) is 17.7. The lowest BCUT2D eigenvalue weighted by Crippen LogP contribution is -2.53. The number of halogens is 2. The highest BCUT2D eigenvalue weighted by atomic mass is 79.9. The van der Waals surface area contributed by atoms with E-state index in [1.807, 2.05) is 24.3 Å². The summed E-state index contributed by atoms with van der Waals surface area (Å²) in [7, 11) is 0. The van der Waals surface area contributed by atoms with Crippen LogP contribution >= 0.6 is 31.9 Å². The van der Waals surface area contributed by atoms with E-state index in [0.29, 0.717) is 36.3 Å². The van der Waals surface area contributed by atoms with Crippen molar-refractivity contribution in [2.45, 2.75) is 51.4 Å². The van der Waals surface area contributed by atoms with Crippen molar-refractivity contribution in [3.05, 3.63) is 45.6 Å². The van der Waals surface area contributed by atoms with E-state index in [2.05, 4.69) is 52.5 Å². The topological polar surface area (TPSA) is 84.0 Å². The molecule has 2 heterocycles. The number of carbonyl (C=O) groups excluding carboxylic acids is 2. The minimum Gasteiger partial charge on any atom is -0.311 e. The summed E-state index contributed by atoms with van der Waals surface area (Å²) in [5, 5.41) is 5.94. The summed E-state index contributed by atoms with van der Waals surface area (Å²) < 4.78 is 1.77. The molecule has 0 aromatic carbocycles. The van der Waals surface area contributed by atoms with E-state index in [-0.39, 0.29) is 22.6 Å². The van der Waals surface area contributed by atoms with E-state index in [1.54, 1.807) is 12.4 Å². The molecular formula is C24H26Br2N4O2. The van der Waals surface area contributed by atoms with E-state index in [9.17, 15) is 9.59 Å². The Morgan fingerprint density at radius 1 is 0.812 bits per heavy atom. The molecule has 0 saturated heterocycles. The van der Waals surface area contributed by atoms with Crippen molar-refractivity contribution in [2.75, 3.05) is 10.6 Å². The molecule has 4 aliphatic carbocycles. The zero-order valence-corrected chi connectivity index (χ0v) is 20.9. The van der Waals surface area contributed by atoms with Gasteiger partial charge in [0, 0.05) is 34.2 Å². The molecule has 0 spiro atoms. The van der Waals surface area contributed by atoms with Crippen LogP contribution in [0, 0.1) is 22.7 Å². The number of carbonyl (C=O) groups is 2. The van der Waals surface area contributed by atoms with Gasteiger partial charge in [-0.2, -0.15) is 0 Å². The second-order valence-corrected chi connectivity index (χ2v) is 12.0. The summed E-state index contributed by atoms with van der Waals surface area (Å²) in [6.07, 6.45) is 11.0. The predicted octanol–water partition coefficient (Wildman–Crippen LogP) is 5.95. The van der Waals surface area contributed by atoms with Crippen molar-refractivity contribution in [3.63, 3.8) is 0 Å². The van der Waals surface area contributed by atoms with Crippen LogP contribution < -0.4 is 10.6 Å². The smallest absolute Gasteiger partial charge is 0.226 e. The number of rotatable bonds is 6. The first-order valence-electron chi connectivity index (χ1n) is 11.1. The molecule has 4 aliphatic rings. The third kappa shape index (κ3) is 4.76. The number of amides is 2. The zero-order chi connectivity index (χ0) is 22.3. The maximum Gasteiger partial charge on any atom is 0.226 e. The molecular weight excluding hydrogens is 536 g/mol. The van der Waals surface area contributed by atoms with Crippen LogP contribution in [0.4, 0.5) is 11.6 Å². The highest BCUT2D eigenvalue weighted by Crippen LogP contribution is 2.67. The van der Waals surface area contributed by atoms with Gasteiger partial charge in [0.2, 0.25) is 11.8 Å². The second-order valence-electron chi connectivity index (χ2n) is 10.1. The number of anilines is 2. The fourth-order valence-electron chi connectivity index (χ4n) is 7.02. The molecule has 32 heavy (non-hydrogen) atoms. The van der Waals surface area contributed by atoms with Gasteiger partial charge in [-0.25, -0.2) is 9.97 Å². The third-order valence-corrected chi connectivity index (χ3v) is 8.30. The van der Waals surface area contributed by atoms with Crippen LogP contribution in [0.3, 0.4) is 0 Å². The Kier molecular flexibility index (Phi) is 5.86. The fourth-order valence-corrected chi connectivity index (χ4v) is 7.49. The lowest BCUT2D eigenvalue weighted by atomic mass is 9.43. The summed E-state index contributed by atoms with van der Waals surface area (Å²) in [6, 6.07) is 7.37. The van der Waals surface area contributed by atoms with Gasteiger partial charge >= 0.3 is 0 Å². The first-order chi connectivity index (χ1) is 15.3. The average Bonchev–Trinajstić information content (AvgIpc) is 2.69. The molecule has 2 amide bonds. The van der Waals surface area contributed by atoms with E-state index in [1.165, 1.54) is 6.42 Å². The summed E-state index contributed by atoms with van der Waals surface area (Å²) >= 11 is 6.74. The Bertz CT molecular complexity index is 932. The number of pyridine rings is 2. The van der Waals surface area contributed by atoms with E-state index in [4.69, 9.17) is 0 Å². The Balaban J connectivity index is 1.27. The Hall–Kier alpha value is -1.80. The molecule has 2 aromatic rings. The number of nitrogens with zero attached hydrogens (tertiary/aromatic N) is 2. The van der Waals surface area contributed by atoms with Gasteiger partial charge in [-0.05, 0) is 117 Å². The van der Waals surface area contributed by atoms with Crippen molar-refractivity contribution in [2.24, 2.45) is 22.7 Å². The van der Waals surface area contributed by atoms with Gasteiger partial charge in [0.05, 0.1) is 0 Å². The van der Waals surface area contributed by atoms with Crippen LogP contribution in [-0.4, -0.2) is 21.8 Å². The molecule has 8 heteroatoms. The lowest BCUT2D eigenvalue weighted by molar-refractivity contribution is -0.142. The van der Waals surface area contributed by atoms with Gasteiger partial charge in [-0.3, -0.25) is 9.59 Å². The van der Waals surface area contributed by atoms with Gasteiger partial charge < -0.3 is 10.6 Å². The highest BCUT2D eigenvalue weighted by Gasteiger charge is 2.58. The number of hydrogen-bond acceptors (Lipinski definition) is 4. The molecule has 0 aliphatic heterocycles. The maximum atomic E-state index is 12.9. The number of aromatic nitrogens is 2. The first kappa shape index (κ1) is 22.0. The van der Waals surface area contributed by atoms with E-state index in [0.717, 1.165) is 41.0 Å². The van der Waals surface area contributed by atoms with Gasteiger partial charge in [0.15, 0.2) is 0 Å². The quantitative estimate of drug-likeness (QED) is 0.456. The van der Waals surface area contributed by atoms with Gasteiger partial charge in [0.25, 0.3) is 0 Å². The van der Waals surface area contributed by atoms with Crippen LogP contribution in [0.1, 0.15) is 51.4 Å². The standard InChI is InChI=1S/C24H26Br2N4O2/c25-17-1-3-19(27-12-17)29-21(31)10-23-6-15-5-16(7-23)9-24(8-15,14-23)11-22(32)30-20-4-2-18(26)13-28-20/h1-4,12-13,15-16H,5-11,14H2,(H,27,29,31)(H,28,30,32). The monoisotopic (exact) mass is 560 g/mol. The normalized spacial score (nSPS) is 30.2. The van der Waals surface area contributed by atoms with Crippen molar-refractivity contribution >= 4 is 55.3 Å². The maximum absolute atomic E-state index is 12.9. The average molecular weight is 562 g/mol. The molecule has 4 bridgehead atoms. The minimum atomic E-state index is -0.000326. The largest absolute Gasteiger partial charge is 0.311 e. The van der Waals surface area contributed by atoms with E-state index >= 15 is 0 Å². The van der Waals surface area contributed by atoms with Gasteiger partial charge in [-0.15, -0.1) is 0 Å². The van der Waals surface area contributed by atoms with Crippen LogP contribution in [0.2, 0.25) is 0 Å². The summed E-state index contributed by atoms with van der Waals surface area (Å²) in [4.78, 5) is 34.4. The Morgan fingerprint density at radius 3 is 1.62 bits per heavy atom. The lowest BCUT2D eigenvalue weighted by Gasteiger charge is -2.62. The van der Waals surface area contributed by atoms with Gasteiger partial charge in [-0.1, -0.05) is 0 Å². The second kappa shape index (κ2) is 8.52. The summed E-state index contributed by atoms with van der Waals surface area (Å²) in [5.74, 6) is 2.46. The third-order valence-electron chi connectivity index (χ3n) is 7.36. The van der Waals surface area contributed by atoms with Crippen LogP contribution in [0.5, 0.6) is 0 Å². The molecule has 0 atom stereocenters. The van der Waals surface area contributed by atoms with Crippen LogP contribution in [0.25, 0.3) is 0 Å². The molecule has 168 valence electrons. The summed E-state index contributed by atoms with van der Waals surface area (Å²) in [6.45, 7) is 0. The molecule has 0 unspecified atom stereocenters. The fraction of sp³-hybridized carbons (Fsp3) is 0.500. The van der Waals surface area contributed by atoms with Gasteiger partial charge in [0.1, 0.15) is 11.6 Å². The number of nitrogens with one attached hydrogen (secondary N) is 2. The molecule has 2 aromatic heterocycles. The van der Waals surface area contributed by atoms with Crippen molar-refractivity contribution in [1.29, 1.82) is 0 Å². The molecule has 0 radical (unpaired) electrons. The van der Waals surface area contributed by atoms with Crippen molar-refractivity contribution < 1.29 is 9.59 Å². The highest BCUT2D eigenvalue weighted by molar-refractivity contribution is 9.10. The SMILES string of the molecule is O=C(CC12CC3CC(C1)CC(CC(=O)Nc1ccc(Br)cn1)(C3)C2)Nc1ccc(Br)cn1. The Morgan fingerprint density at radius 2 is 1.25 bits per heavy atom. The summed E-state index contributed by atoms with van der Waals surface area (Å²) in [5.41, 5.74) is -0.000652.